The van der Waals surface area contributed by atoms with Gasteiger partial charge in [-0.05, 0) is 61.9 Å². The van der Waals surface area contributed by atoms with E-state index in [9.17, 15) is 9.90 Å². The number of carboxylic acid groups (broad SMARTS) is 1. The van der Waals surface area contributed by atoms with Crippen LogP contribution in [0.2, 0.25) is 0 Å². The average Bonchev–Trinajstić information content (AvgIpc) is 3.20. The van der Waals surface area contributed by atoms with Crippen LogP contribution in [0.5, 0.6) is 0 Å². The maximum atomic E-state index is 11.0. The van der Waals surface area contributed by atoms with Gasteiger partial charge in [-0.3, -0.25) is 9.69 Å². The summed E-state index contributed by atoms with van der Waals surface area (Å²) in [7, 11) is 0. The van der Waals surface area contributed by atoms with E-state index in [2.05, 4.69) is 59.5 Å². The normalized spacial score (nSPS) is 25.3. The maximum absolute atomic E-state index is 11.0. The van der Waals surface area contributed by atoms with Gasteiger partial charge in [-0.25, -0.2) is 0 Å². The first-order valence-corrected chi connectivity index (χ1v) is 13.2. The highest BCUT2D eigenvalue weighted by Gasteiger charge is 2.45. The van der Waals surface area contributed by atoms with Crippen LogP contribution >= 0.6 is 0 Å². The number of likely N-dealkylation sites (tertiary alicyclic amines) is 1. The molecule has 2 aromatic carbocycles. The van der Waals surface area contributed by atoms with Crippen molar-refractivity contribution in [2.75, 3.05) is 13.1 Å². The van der Waals surface area contributed by atoms with Crippen molar-refractivity contribution in [3.8, 4) is 11.1 Å². The monoisotopic (exact) mass is 477 g/mol. The number of carbonyl (C=O) groups is 1. The first-order chi connectivity index (χ1) is 17.1. The van der Waals surface area contributed by atoms with Crippen LogP contribution in [0.25, 0.3) is 11.1 Å². The predicted octanol–water partition coefficient (Wildman–Crippen LogP) is 5.68. The van der Waals surface area contributed by atoms with Crippen LogP contribution in [0, 0.1) is 5.92 Å². The second-order valence-electron chi connectivity index (χ2n) is 9.95. The number of hydrogen-bond donors (Lipinski definition) is 2. The fourth-order valence-corrected chi connectivity index (χ4v) is 5.69. The smallest absolute Gasteiger partial charge is 0.303 e. The third-order valence-electron chi connectivity index (χ3n) is 7.48. The molecule has 4 atom stereocenters. The molecule has 1 aliphatic heterocycles. The Labute approximate surface area is 209 Å². The molecule has 2 aliphatic rings. The molecule has 2 fully saturated rings. The Morgan fingerprint density at radius 3 is 2.34 bits per heavy atom. The van der Waals surface area contributed by atoms with E-state index in [0.29, 0.717) is 19.4 Å². The van der Waals surface area contributed by atoms with Crippen molar-refractivity contribution in [2.24, 2.45) is 5.92 Å². The lowest BCUT2D eigenvalue weighted by Crippen LogP contribution is -2.47. The zero-order valence-electron chi connectivity index (χ0n) is 20.6. The number of benzene rings is 2. The fourth-order valence-electron chi connectivity index (χ4n) is 5.69. The lowest BCUT2D eigenvalue weighted by Gasteiger charge is -2.38. The van der Waals surface area contributed by atoms with Crippen LogP contribution in [0.4, 0.5) is 0 Å². The summed E-state index contributed by atoms with van der Waals surface area (Å²) in [6, 6.07) is 19.1. The van der Waals surface area contributed by atoms with Gasteiger partial charge < -0.3 is 14.9 Å². The van der Waals surface area contributed by atoms with Gasteiger partial charge in [-0.2, -0.15) is 0 Å². The molecule has 2 N–H and O–H groups in total. The molecule has 4 rings (SSSR count). The molecule has 0 amide bonds. The molecular weight excluding hydrogens is 438 g/mol. The first-order valence-electron chi connectivity index (χ1n) is 13.2. The van der Waals surface area contributed by atoms with E-state index in [4.69, 9.17) is 9.84 Å². The van der Waals surface area contributed by atoms with Crippen molar-refractivity contribution in [1.82, 2.24) is 4.90 Å². The van der Waals surface area contributed by atoms with Gasteiger partial charge >= 0.3 is 5.97 Å². The Kier molecular flexibility index (Phi) is 9.52. The largest absolute Gasteiger partial charge is 0.481 e. The summed E-state index contributed by atoms with van der Waals surface area (Å²) in [5, 5.41) is 19.9. The van der Waals surface area contributed by atoms with Crippen molar-refractivity contribution in [2.45, 2.75) is 76.2 Å². The summed E-state index contributed by atoms with van der Waals surface area (Å²) in [6.45, 7) is 2.66. The molecule has 1 aliphatic carbocycles. The van der Waals surface area contributed by atoms with Gasteiger partial charge in [0.05, 0.1) is 18.8 Å². The SMILES string of the molecule is O=C(O)CC/C=C\CC[C@H]1[C@H](N2CCCCC2)[C@H](O)C[C@H]1OCc1ccc(-c2ccccc2)cc1. The quantitative estimate of drug-likeness (QED) is 0.408. The van der Waals surface area contributed by atoms with Crippen LogP contribution in [-0.2, 0) is 16.1 Å². The number of aliphatic hydroxyl groups is 1. The van der Waals surface area contributed by atoms with E-state index in [1.54, 1.807) is 0 Å². The summed E-state index contributed by atoms with van der Waals surface area (Å²) in [4.78, 5) is 13.2. The van der Waals surface area contributed by atoms with Gasteiger partial charge in [0, 0.05) is 24.8 Å². The highest BCUT2D eigenvalue weighted by atomic mass is 16.5. The Morgan fingerprint density at radius 2 is 1.63 bits per heavy atom. The highest BCUT2D eigenvalue weighted by molar-refractivity contribution is 5.66. The lowest BCUT2D eigenvalue weighted by atomic mass is 9.92. The number of aliphatic carboxylic acids is 1. The van der Waals surface area contributed by atoms with Crippen LogP contribution in [-0.4, -0.2) is 52.4 Å². The molecule has 1 saturated heterocycles. The molecule has 0 spiro atoms. The van der Waals surface area contributed by atoms with Gasteiger partial charge in [0.1, 0.15) is 0 Å². The van der Waals surface area contributed by atoms with E-state index in [1.165, 1.54) is 30.4 Å². The fraction of sp³-hybridized carbons (Fsp3) is 0.500. The van der Waals surface area contributed by atoms with E-state index in [1.807, 2.05) is 12.1 Å². The van der Waals surface area contributed by atoms with Gasteiger partial charge in [0.25, 0.3) is 0 Å². The van der Waals surface area contributed by atoms with Crippen LogP contribution in [0.3, 0.4) is 0 Å². The van der Waals surface area contributed by atoms with Crippen LogP contribution in [0.15, 0.2) is 66.7 Å². The van der Waals surface area contributed by atoms with Gasteiger partial charge in [0.2, 0.25) is 0 Å². The third kappa shape index (κ3) is 7.26. The second kappa shape index (κ2) is 13.0. The van der Waals surface area contributed by atoms with Gasteiger partial charge in [-0.1, -0.05) is 73.2 Å². The number of aliphatic hydroxyl groups excluding tert-OH is 1. The predicted molar refractivity (Wildman–Crippen MR) is 139 cm³/mol. The molecule has 2 aromatic rings. The van der Waals surface area contributed by atoms with Gasteiger partial charge in [0.15, 0.2) is 0 Å². The Hall–Kier alpha value is -2.47. The topological polar surface area (TPSA) is 70.0 Å². The average molecular weight is 478 g/mol. The van der Waals surface area contributed by atoms with Crippen molar-refractivity contribution < 1.29 is 19.7 Å². The zero-order chi connectivity index (χ0) is 24.5. The van der Waals surface area contributed by atoms with E-state index >= 15 is 0 Å². The minimum atomic E-state index is -0.760. The maximum Gasteiger partial charge on any atom is 0.303 e. The van der Waals surface area contributed by atoms with E-state index in [-0.39, 0.29) is 30.6 Å². The lowest BCUT2D eigenvalue weighted by molar-refractivity contribution is -0.136. The van der Waals surface area contributed by atoms with Crippen molar-refractivity contribution in [3.63, 3.8) is 0 Å². The number of nitrogens with zero attached hydrogens (tertiary/aromatic N) is 1. The third-order valence-corrected chi connectivity index (χ3v) is 7.48. The molecule has 0 bridgehead atoms. The Morgan fingerprint density at radius 1 is 0.943 bits per heavy atom. The summed E-state index contributed by atoms with van der Waals surface area (Å²) in [5.41, 5.74) is 3.55. The molecule has 0 aromatic heterocycles. The standard InChI is InChI=1S/C30H39NO4/c32-27-21-28(35-22-23-15-17-25(18-16-23)24-11-5-3-6-12-24)26(13-7-1-2-8-14-29(33)34)30(27)31-19-9-4-10-20-31/h1-3,5-6,11-12,15-18,26-28,30,32H,4,7-10,13-14,19-22H2,(H,33,34)/b2-1-/t26-,27-,28-,30+/m1/s1. The molecular formula is C30H39NO4. The van der Waals surface area contributed by atoms with E-state index in [0.717, 1.165) is 31.5 Å². The molecule has 0 radical (unpaired) electrons. The van der Waals surface area contributed by atoms with Crippen molar-refractivity contribution in [1.29, 1.82) is 0 Å². The number of hydrogen-bond acceptors (Lipinski definition) is 4. The van der Waals surface area contributed by atoms with E-state index < -0.39 is 5.97 Å². The minimum absolute atomic E-state index is 0.0261. The zero-order valence-corrected chi connectivity index (χ0v) is 20.6. The Bertz CT molecular complexity index is 937. The molecule has 188 valence electrons. The number of ether oxygens (including phenoxy) is 1. The van der Waals surface area contributed by atoms with Crippen molar-refractivity contribution in [3.05, 3.63) is 72.3 Å². The van der Waals surface area contributed by atoms with Crippen LogP contribution < -0.4 is 0 Å². The molecule has 35 heavy (non-hydrogen) atoms. The number of allylic oxidation sites excluding steroid dienone is 2. The number of carboxylic acids is 1. The number of piperidine rings is 1. The molecule has 5 nitrogen and oxygen atoms in total. The van der Waals surface area contributed by atoms with Crippen molar-refractivity contribution >= 4 is 5.97 Å². The molecule has 1 saturated carbocycles. The molecule has 5 heteroatoms. The minimum Gasteiger partial charge on any atom is -0.481 e. The summed E-state index contributed by atoms with van der Waals surface area (Å²) >= 11 is 0. The Balaban J connectivity index is 1.37. The summed E-state index contributed by atoms with van der Waals surface area (Å²) in [5.74, 6) is -0.486. The molecule has 1 heterocycles. The van der Waals surface area contributed by atoms with Crippen LogP contribution in [0.1, 0.15) is 56.9 Å². The second-order valence-corrected chi connectivity index (χ2v) is 9.95. The first kappa shape index (κ1) is 25.6. The van der Waals surface area contributed by atoms with Gasteiger partial charge in [-0.15, -0.1) is 0 Å². The summed E-state index contributed by atoms with van der Waals surface area (Å²) < 4.78 is 6.46. The molecule has 0 unspecified atom stereocenters. The number of rotatable bonds is 11. The summed E-state index contributed by atoms with van der Waals surface area (Å²) in [6.07, 6.45) is 10.6. The highest BCUT2D eigenvalue weighted by Crippen LogP contribution is 2.38.